The van der Waals surface area contributed by atoms with Crippen LogP contribution >= 0.6 is 0 Å². The third-order valence-corrected chi connectivity index (χ3v) is 5.32. The number of carbonyl (C=O) groups excluding carboxylic acids is 1. The highest BCUT2D eigenvalue weighted by Crippen LogP contribution is 2.41. The number of carbonyl (C=O) groups is 1. The van der Waals surface area contributed by atoms with Crippen molar-refractivity contribution < 1.29 is 14.3 Å². The number of fused-ring (bicyclic) bond motifs is 1. The van der Waals surface area contributed by atoms with Gasteiger partial charge in [0.05, 0.1) is 13.2 Å². The monoisotopic (exact) mass is 367 g/mol. The zero-order valence-corrected chi connectivity index (χ0v) is 15.9. The molecule has 0 aliphatic carbocycles. The SMILES string of the molecule is COc1ccc2c(c1)OC(C)(C)CC2NC(=O)N1CC(c2ccncc2)C1. The maximum absolute atomic E-state index is 12.8. The van der Waals surface area contributed by atoms with Crippen molar-refractivity contribution in [1.29, 1.82) is 0 Å². The van der Waals surface area contributed by atoms with Gasteiger partial charge >= 0.3 is 6.03 Å². The average molecular weight is 367 g/mol. The Morgan fingerprint density at radius 2 is 2.00 bits per heavy atom. The normalized spacial score (nSPS) is 20.9. The summed E-state index contributed by atoms with van der Waals surface area (Å²) in [7, 11) is 1.64. The number of hydrogen-bond acceptors (Lipinski definition) is 4. The van der Waals surface area contributed by atoms with E-state index in [-0.39, 0.29) is 17.7 Å². The minimum atomic E-state index is -0.355. The summed E-state index contributed by atoms with van der Waals surface area (Å²) in [6.07, 6.45) is 4.32. The third kappa shape index (κ3) is 3.56. The first-order chi connectivity index (χ1) is 12.9. The fraction of sp³-hybridized carbons (Fsp3) is 0.429. The van der Waals surface area contributed by atoms with Gasteiger partial charge in [-0.3, -0.25) is 4.98 Å². The molecule has 27 heavy (non-hydrogen) atoms. The molecule has 2 aliphatic heterocycles. The van der Waals surface area contributed by atoms with Gasteiger partial charge in [0.25, 0.3) is 0 Å². The summed E-state index contributed by atoms with van der Waals surface area (Å²) < 4.78 is 11.4. The predicted octanol–water partition coefficient (Wildman–Crippen LogP) is 3.50. The molecule has 1 atom stereocenters. The second kappa shape index (κ2) is 6.76. The molecule has 142 valence electrons. The summed E-state index contributed by atoms with van der Waals surface area (Å²) in [6.45, 7) is 5.55. The third-order valence-electron chi connectivity index (χ3n) is 5.32. The molecule has 2 aliphatic rings. The molecule has 1 unspecified atom stereocenters. The molecule has 2 amide bonds. The molecule has 1 fully saturated rings. The summed E-state index contributed by atoms with van der Waals surface area (Å²) >= 11 is 0. The number of urea groups is 1. The molecule has 0 spiro atoms. The van der Waals surface area contributed by atoms with Crippen molar-refractivity contribution in [2.75, 3.05) is 20.2 Å². The molecular weight excluding hydrogens is 342 g/mol. The number of benzene rings is 1. The molecule has 0 radical (unpaired) electrons. The summed E-state index contributed by atoms with van der Waals surface area (Å²) in [5, 5.41) is 3.20. The first-order valence-electron chi connectivity index (χ1n) is 9.27. The molecule has 0 saturated carbocycles. The molecule has 1 N–H and O–H groups in total. The Bertz CT molecular complexity index is 832. The zero-order valence-electron chi connectivity index (χ0n) is 15.9. The standard InChI is InChI=1S/C21H25N3O3/c1-21(2)11-18(17-5-4-16(26-3)10-19(17)27-21)23-20(25)24-12-15(13-24)14-6-8-22-9-7-14/h4-10,15,18H,11-13H2,1-3H3,(H,23,25). The van der Waals surface area contributed by atoms with E-state index >= 15 is 0 Å². The van der Waals surface area contributed by atoms with Crippen LogP contribution in [0.5, 0.6) is 11.5 Å². The number of nitrogens with one attached hydrogen (secondary N) is 1. The molecule has 4 rings (SSSR count). The lowest BCUT2D eigenvalue weighted by Crippen LogP contribution is -2.54. The lowest BCUT2D eigenvalue weighted by atomic mass is 9.89. The zero-order chi connectivity index (χ0) is 19.0. The number of ether oxygens (including phenoxy) is 2. The van der Waals surface area contributed by atoms with E-state index in [1.807, 2.05) is 49.1 Å². The van der Waals surface area contributed by atoms with Crippen molar-refractivity contribution in [3.8, 4) is 11.5 Å². The van der Waals surface area contributed by atoms with Crippen LogP contribution in [0.15, 0.2) is 42.7 Å². The molecular formula is C21H25N3O3. The van der Waals surface area contributed by atoms with Crippen LogP contribution in [0.1, 0.15) is 43.4 Å². The average Bonchev–Trinajstić information content (AvgIpc) is 2.59. The first-order valence-corrected chi connectivity index (χ1v) is 9.27. The smallest absolute Gasteiger partial charge is 0.317 e. The molecule has 6 heteroatoms. The maximum Gasteiger partial charge on any atom is 0.317 e. The van der Waals surface area contributed by atoms with E-state index < -0.39 is 0 Å². The summed E-state index contributed by atoms with van der Waals surface area (Å²) in [5.41, 5.74) is 1.87. The van der Waals surface area contributed by atoms with Crippen LogP contribution in [0.25, 0.3) is 0 Å². The Balaban J connectivity index is 1.44. The highest BCUT2D eigenvalue weighted by molar-refractivity contribution is 5.76. The molecule has 1 aromatic carbocycles. The molecule has 2 aromatic rings. The molecule has 6 nitrogen and oxygen atoms in total. The van der Waals surface area contributed by atoms with Gasteiger partial charge in [-0.2, -0.15) is 0 Å². The van der Waals surface area contributed by atoms with Crippen molar-refractivity contribution >= 4 is 6.03 Å². The van der Waals surface area contributed by atoms with Crippen molar-refractivity contribution in [3.63, 3.8) is 0 Å². The predicted molar refractivity (Wildman–Crippen MR) is 102 cm³/mol. The number of pyridine rings is 1. The lowest BCUT2D eigenvalue weighted by molar-refractivity contribution is 0.0645. The van der Waals surface area contributed by atoms with Gasteiger partial charge in [0.1, 0.15) is 17.1 Å². The minimum Gasteiger partial charge on any atom is -0.497 e. The molecule has 1 aromatic heterocycles. The number of nitrogens with zero attached hydrogens (tertiary/aromatic N) is 2. The van der Waals surface area contributed by atoms with Gasteiger partial charge in [-0.15, -0.1) is 0 Å². The summed E-state index contributed by atoms with van der Waals surface area (Å²) in [6, 6.07) is 9.70. The van der Waals surface area contributed by atoms with Crippen LogP contribution in [-0.4, -0.2) is 41.7 Å². The molecule has 1 saturated heterocycles. The van der Waals surface area contributed by atoms with Crippen LogP contribution in [0.4, 0.5) is 4.79 Å². The van der Waals surface area contributed by atoms with Crippen molar-refractivity contribution in [1.82, 2.24) is 15.2 Å². The highest BCUT2D eigenvalue weighted by atomic mass is 16.5. The van der Waals surface area contributed by atoms with E-state index in [2.05, 4.69) is 10.3 Å². The molecule has 3 heterocycles. The van der Waals surface area contributed by atoms with E-state index in [1.54, 1.807) is 19.5 Å². The van der Waals surface area contributed by atoms with E-state index in [0.717, 1.165) is 36.6 Å². The van der Waals surface area contributed by atoms with Crippen LogP contribution in [0.2, 0.25) is 0 Å². The Hall–Kier alpha value is -2.76. The fourth-order valence-electron chi connectivity index (χ4n) is 3.82. The van der Waals surface area contributed by atoms with Gasteiger partial charge in [0, 0.05) is 49.5 Å². The second-order valence-corrected chi connectivity index (χ2v) is 7.85. The van der Waals surface area contributed by atoms with E-state index in [9.17, 15) is 4.79 Å². The molecule has 0 bridgehead atoms. The van der Waals surface area contributed by atoms with E-state index in [4.69, 9.17) is 9.47 Å². The maximum atomic E-state index is 12.8. The van der Waals surface area contributed by atoms with E-state index in [1.165, 1.54) is 5.56 Å². The minimum absolute atomic E-state index is 0.0234. The quantitative estimate of drug-likeness (QED) is 0.902. The number of methoxy groups -OCH3 is 1. The first kappa shape index (κ1) is 17.6. The van der Waals surface area contributed by atoms with Crippen LogP contribution in [-0.2, 0) is 0 Å². The van der Waals surface area contributed by atoms with E-state index in [0.29, 0.717) is 5.92 Å². The topological polar surface area (TPSA) is 63.7 Å². The number of amides is 2. The van der Waals surface area contributed by atoms with Crippen LogP contribution in [0, 0.1) is 0 Å². The number of likely N-dealkylation sites (tertiary alicyclic amines) is 1. The number of aromatic nitrogens is 1. The largest absolute Gasteiger partial charge is 0.497 e. The highest BCUT2D eigenvalue weighted by Gasteiger charge is 2.37. The van der Waals surface area contributed by atoms with Crippen LogP contribution < -0.4 is 14.8 Å². The van der Waals surface area contributed by atoms with Crippen molar-refractivity contribution in [3.05, 3.63) is 53.9 Å². The van der Waals surface area contributed by atoms with Gasteiger partial charge < -0.3 is 19.7 Å². The number of rotatable bonds is 3. The van der Waals surface area contributed by atoms with Gasteiger partial charge in [0.2, 0.25) is 0 Å². The van der Waals surface area contributed by atoms with Crippen LogP contribution in [0.3, 0.4) is 0 Å². The Morgan fingerprint density at radius 3 is 2.70 bits per heavy atom. The number of hydrogen-bond donors (Lipinski definition) is 1. The second-order valence-electron chi connectivity index (χ2n) is 7.85. The van der Waals surface area contributed by atoms with Crippen molar-refractivity contribution in [2.24, 2.45) is 0 Å². The Kier molecular flexibility index (Phi) is 4.42. The fourth-order valence-corrected chi connectivity index (χ4v) is 3.82. The van der Waals surface area contributed by atoms with Gasteiger partial charge in [0.15, 0.2) is 0 Å². The Labute approximate surface area is 159 Å². The van der Waals surface area contributed by atoms with Gasteiger partial charge in [-0.25, -0.2) is 4.79 Å². The van der Waals surface area contributed by atoms with Gasteiger partial charge in [-0.1, -0.05) is 0 Å². The van der Waals surface area contributed by atoms with Crippen molar-refractivity contribution in [2.45, 2.75) is 37.8 Å². The Morgan fingerprint density at radius 1 is 1.26 bits per heavy atom. The summed E-state index contributed by atoms with van der Waals surface area (Å²) in [4.78, 5) is 18.7. The summed E-state index contributed by atoms with van der Waals surface area (Å²) in [5.74, 6) is 1.91. The van der Waals surface area contributed by atoms with Gasteiger partial charge in [-0.05, 0) is 43.7 Å². The lowest BCUT2D eigenvalue weighted by Gasteiger charge is -2.42.